The molecule has 1 aliphatic heterocycles. The number of amides is 2. The number of carboxylic acid groups (broad SMARTS) is 1. The number of hydrogen-bond acceptors (Lipinski definition) is 4. The van der Waals surface area contributed by atoms with Crippen molar-refractivity contribution in [3.63, 3.8) is 0 Å². The Morgan fingerprint density at radius 3 is 2.17 bits per heavy atom. The van der Waals surface area contributed by atoms with E-state index in [0.717, 1.165) is 4.90 Å². The highest BCUT2D eigenvalue weighted by atomic mass is 16.6. The first-order valence-electron chi connectivity index (χ1n) is 5.85. The number of carbonyl (C=O) groups is 3. The maximum atomic E-state index is 11.9. The molecule has 1 saturated heterocycles. The predicted molar refractivity (Wildman–Crippen MR) is 62.8 cm³/mol. The first kappa shape index (κ1) is 14.5. The van der Waals surface area contributed by atoms with Crippen LogP contribution in [-0.4, -0.2) is 39.6 Å². The molecule has 1 N–H and O–H groups in total. The maximum Gasteiger partial charge on any atom is 0.417 e. The standard InChI is InChI=1S/C12H19NO5/c1-6-7(2)9(14)13(8(6)10(15)16)11(17)18-12(3,4)5/h6-8H,1-5H3,(H,15,16)/t6-,7+,8-/m0/s1. The summed E-state index contributed by atoms with van der Waals surface area (Å²) in [5.74, 6) is -2.61. The van der Waals surface area contributed by atoms with E-state index in [1.807, 2.05) is 0 Å². The van der Waals surface area contributed by atoms with Gasteiger partial charge in [-0.3, -0.25) is 4.79 Å². The second kappa shape index (κ2) is 4.59. The summed E-state index contributed by atoms with van der Waals surface area (Å²) in [5, 5.41) is 9.14. The SMILES string of the molecule is C[C@@H]1[C@@H](C(=O)O)N(C(=O)OC(C)(C)C)C(=O)[C@@H]1C. The number of ether oxygens (including phenoxy) is 1. The van der Waals surface area contributed by atoms with Crippen LogP contribution in [0.2, 0.25) is 0 Å². The Hall–Kier alpha value is -1.59. The van der Waals surface area contributed by atoms with Crippen LogP contribution in [0.1, 0.15) is 34.6 Å². The highest BCUT2D eigenvalue weighted by Crippen LogP contribution is 2.32. The number of likely N-dealkylation sites (tertiary alicyclic amines) is 1. The van der Waals surface area contributed by atoms with E-state index < -0.39 is 41.4 Å². The molecule has 0 unspecified atom stereocenters. The fraction of sp³-hybridized carbons (Fsp3) is 0.750. The van der Waals surface area contributed by atoms with E-state index in [1.165, 1.54) is 0 Å². The van der Waals surface area contributed by atoms with Gasteiger partial charge in [0.2, 0.25) is 5.91 Å². The minimum Gasteiger partial charge on any atom is -0.480 e. The van der Waals surface area contributed by atoms with Crippen LogP contribution in [0, 0.1) is 11.8 Å². The van der Waals surface area contributed by atoms with Crippen molar-refractivity contribution in [3.05, 3.63) is 0 Å². The summed E-state index contributed by atoms with van der Waals surface area (Å²) >= 11 is 0. The van der Waals surface area contributed by atoms with E-state index in [2.05, 4.69) is 0 Å². The number of aliphatic carboxylic acids is 1. The van der Waals surface area contributed by atoms with Crippen molar-refractivity contribution in [1.82, 2.24) is 4.90 Å². The van der Waals surface area contributed by atoms with Gasteiger partial charge >= 0.3 is 12.1 Å². The molecule has 0 aromatic carbocycles. The molecule has 2 amide bonds. The molecule has 6 nitrogen and oxygen atoms in total. The summed E-state index contributed by atoms with van der Waals surface area (Å²) in [6.45, 7) is 8.25. The van der Waals surface area contributed by atoms with Crippen molar-refractivity contribution in [2.24, 2.45) is 11.8 Å². The molecule has 1 aliphatic rings. The molecular weight excluding hydrogens is 238 g/mol. The molecule has 0 radical (unpaired) electrons. The minimum absolute atomic E-state index is 0.428. The van der Waals surface area contributed by atoms with E-state index >= 15 is 0 Å². The molecule has 0 saturated carbocycles. The molecule has 0 bridgehead atoms. The fourth-order valence-corrected chi connectivity index (χ4v) is 1.94. The van der Waals surface area contributed by atoms with Crippen LogP contribution in [0.4, 0.5) is 4.79 Å². The van der Waals surface area contributed by atoms with Crippen molar-refractivity contribution in [3.8, 4) is 0 Å². The van der Waals surface area contributed by atoms with Gasteiger partial charge in [-0.25, -0.2) is 14.5 Å². The zero-order valence-corrected chi connectivity index (χ0v) is 11.3. The third-order valence-corrected chi connectivity index (χ3v) is 3.04. The number of carboxylic acids is 1. The highest BCUT2D eigenvalue weighted by Gasteiger charge is 2.51. The van der Waals surface area contributed by atoms with Crippen LogP contribution in [-0.2, 0) is 14.3 Å². The van der Waals surface area contributed by atoms with Crippen LogP contribution in [0.25, 0.3) is 0 Å². The molecule has 102 valence electrons. The van der Waals surface area contributed by atoms with Gasteiger partial charge in [0.15, 0.2) is 0 Å². The highest BCUT2D eigenvalue weighted by molar-refractivity contribution is 6.00. The molecule has 0 aliphatic carbocycles. The minimum atomic E-state index is -1.19. The van der Waals surface area contributed by atoms with E-state index in [-0.39, 0.29) is 0 Å². The van der Waals surface area contributed by atoms with Crippen LogP contribution in [0.5, 0.6) is 0 Å². The monoisotopic (exact) mass is 257 g/mol. The second-order valence-electron chi connectivity index (χ2n) is 5.62. The molecular formula is C12H19NO5. The van der Waals surface area contributed by atoms with Gasteiger partial charge < -0.3 is 9.84 Å². The van der Waals surface area contributed by atoms with Gasteiger partial charge in [-0.2, -0.15) is 0 Å². The maximum absolute atomic E-state index is 11.9. The van der Waals surface area contributed by atoms with Crippen molar-refractivity contribution < 1.29 is 24.2 Å². The Balaban J connectivity index is 3.01. The van der Waals surface area contributed by atoms with Gasteiger partial charge in [0.05, 0.1) is 0 Å². The first-order valence-corrected chi connectivity index (χ1v) is 5.85. The normalized spacial score (nSPS) is 28.4. The molecule has 0 spiro atoms. The zero-order valence-electron chi connectivity index (χ0n) is 11.3. The summed E-state index contributed by atoms with van der Waals surface area (Å²) in [6.07, 6.45) is -0.893. The second-order valence-corrected chi connectivity index (χ2v) is 5.62. The smallest absolute Gasteiger partial charge is 0.417 e. The summed E-state index contributed by atoms with van der Waals surface area (Å²) < 4.78 is 5.07. The van der Waals surface area contributed by atoms with Gasteiger partial charge in [-0.15, -0.1) is 0 Å². The fourth-order valence-electron chi connectivity index (χ4n) is 1.94. The Labute approximate surface area is 106 Å². The lowest BCUT2D eigenvalue weighted by atomic mass is 9.94. The Bertz CT molecular complexity index is 384. The lowest BCUT2D eigenvalue weighted by molar-refractivity contribution is -0.146. The molecule has 1 heterocycles. The first-order chi connectivity index (χ1) is 8.06. The van der Waals surface area contributed by atoms with Crippen molar-refractivity contribution >= 4 is 18.0 Å². The summed E-state index contributed by atoms with van der Waals surface area (Å²) in [5.41, 5.74) is -0.768. The van der Waals surface area contributed by atoms with Crippen LogP contribution in [0.15, 0.2) is 0 Å². The molecule has 18 heavy (non-hydrogen) atoms. The quantitative estimate of drug-likeness (QED) is 0.769. The van der Waals surface area contributed by atoms with Crippen molar-refractivity contribution in [2.45, 2.75) is 46.3 Å². The van der Waals surface area contributed by atoms with Gasteiger partial charge in [-0.05, 0) is 26.7 Å². The summed E-state index contributed by atoms with van der Waals surface area (Å²) in [4.78, 5) is 35.7. The predicted octanol–water partition coefficient (Wildman–Crippen LogP) is 1.49. The van der Waals surface area contributed by atoms with Crippen molar-refractivity contribution in [2.75, 3.05) is 0 Å². The van der Waals surface area contributed by atoms with E-state index in [4.69, 9.17) is 9.84 Å². The van der Waals surface area contributed by atoms with E-state index in [0.29, 0.717) is 0 Å². The molecule has 1 fully saturated rings. The zero-order chi connectivity index (χ0) is 14.2. The average molecular weight is 257 g/mol. The molecule has 0 aromatic heterocycles. The lowest BCUT2D eigenvalue weighted by Crippen LogP contribution is -2.46. The lowest BCUT2D eigenvalue weighted by Gasteiger charge is -2.26. The van der Waals surface area contributed by atoms with Gasteiger partial charge in [-0.1, -0.05) is 13.8 Å². The van der Waals surface area contributed by atoms with E-state index in [9.17, 15) is 14.4 Å². The number of rotatable bonds is 1. The van der Waals surface area contributed by atoms with Crippen LogP contribution < -0.4 is 0 Å². The van der Waals surface area contributed by atoms with Gasteiger partial charge in [0.1, 0.15) is 11.6 Å². The third-order valence-electron chi connectivity index (χ3n) is 3.04. The van der Waals surface area contributed by atoms with E-state index in [1.54, 1.807) is 34.6 Å². The van der Waals surface area contributed by atoms with Crippen molar-refractivity contribution in [1.29, 1.82) is 0 Å². The molecule has 1 rings (SSSR count). The number of nitrogens with zero attached hydrogens (tertiary/aromatic N) is 1. The topological polar surface area (TPSA) is 83.9 Å². The average Bonchev–Trinajstić information content (AvgIpc) is 2.39. The summed E-state index contributed by atoms with van der Waals surface area (Å²) in [6, 6.07) is -1.15. The Kier molecular flexibility index (Phi) is 3.69. The largest absolute Gasteiger partial charge is 0.480 e. The molecule has 3 atom stereocenters. The molecule has 0 aromatic rings. The third kappa shape index (κ3) is 2.63. The van der Waals surface area contributed by atoms with Crippen LogP contribution >= 0.6 is 0 Å². The number of imide groups is 1. The Morgan fingerprint density at radius 1 is 1.28 bits per heavy atom. The number of carbonyl (C=O) groups excluding carboxylic acids is 2. The Morgan fingerprint density at radius 2 is 1.78 bits per heavy atom. The molecule has 6 heteroatoms. The number of hydrogen-bond donors (Lipinski definition) is 1. The summed E-state index contributed by atoms with van der Waals surface area (Å²) in [7, 11) is 0. The van der Waals surface area contributed by atoms with Crippen LogP contribution in [0.3, 0.4) is 0 Å². The van der Waals surface area contributed by atoms with Gasteiger partial charge in [0, 0.05) is 5.92 Å². The van der Waals surface area contributed by atoms with Gasteiger partial charge in [0.25, 0.3) is 0 Å².